The molecule has 1 unspecified atom stereocenters. The van der Waals surface area contributed by atoms with Gasteiger partial charge in [0.2, 0.25) is 5.01 Å². The van der Waals surface area contributed by atoms with E-state index >= 15 is 0 Å². The van der Waals surface area contributed by atoms with E-state index in [0.717, 1.165) is 18.6 Å². The van der Waals surface area contributed by atoms with Crippen LogP contribution in [0.15, 0.2) is 48.5 Å². The number of ether oxygens (including phenoxy) is 1. The summed E-state index contributed by atoms with van der Waals surface area (Å²) in [5.74, 6) is 0.405. The lowest BCUT2D eigenvalue weighted by Gasteiger charge is -2.23. The minimum Gasteiger partial charge on any atom is -0.494 e. The van der Waals surface area contributed by atoms with Crippen molar-refractivity contribution in [3.63, 3.8) is 0 Å². The second kappa shape index (κ2) is 9.97. The second-order valence-corrected chi connectivity index (χ2v) is 8.59. The van der Waals surface area contributed by atoms with Gasteiger partial charge in [-0.15, -0.1) is 10.2 Å². The van der Waals surface area contributed by atoms with Crippen LogP contribution in [0.4, 0.5) is 16.2 Å². The van der Waals surface area contributed by atoms with E-state index in [1.165, 1.54) is 11.3 Å². The molecule has 0 spiro atoms. The van der Waals surface area contributed by atoms with Crippen LogP contribution in [0, 0.1) is 0 Å². The third kappa shape index (κ3) is 5.17. The molecule has 0 aliphatic carbocycles. The fourth-order valence-corrected chi connectivity index (χ4v) is 4.45. The molecule has 2 N–H and O–H groups in total. The SMILES string of the molecule is CCOc1ccc(NC(=O)N2CCCC2c2nnc(C(=O)Nc3ccc(Cl)cc3)s2)cc1. The van der Waals surface area contributed by atoms with Crippen LogP contribution in [0.3, 0.4) is 0 Å². The van der Waals surface area contributed by atoms with Gasteiger partial charge in [0, 0.05) is 22.9 Å². The number of amides is 3. The van der Waals surface area contributed by atoms with E-state index < -0.39 is 0 Å². The Labute approximate surface area is 194 Å². The van der Waals surface area contributed by atoms with E-state index in [-0.39, 0.29) is 23.0 Å². The first-order chi connectivity index (χ1) is 15.5. The molecule has 1 saturated heterocycles. The number of benzene rings is 2. The Morgan fingerprint density at radius 3 is 2.50 bits per heavy atom. The number of halogens is 1. The molecule has 4 rings (SSSR count). The zero-order valence-corrected chi connectivity index (χ0v) is 18.9. The minimum absolute atomic E-state index is 0.209. The number of urea groups is 1. The molecule has 2 heterocycles. The number of anilines is 2. The highest BCUT2D eigenvalue weighted by Gasteiger charge is 2.33. The van der Waals surface area contributed by atoms with Crippen molar-refractivity contribution in [3.8, 4) is 5.75 Å². The fraction of sp³-hybridized carbons (Fsp3) is 0.273. The molecule has 0 saturated carbocycles. The maximum atomic E-state index is 12.9. The average molecular weight is 472 g/mol. The molecule has 1 aromatic heterocycles. The lowest BCUT2D eigenvalue weighted by molar-refractivity contribution is 0.102. The molecule has 32 heavy (non-hydrogen) atoms. The van der Waals surface area contributed by atoms with Gasteiger partial charge in [-0.25, -0.2) is 4.79 Å². The second-order valence-electron chi connectivity index (χ2n) is 7.15. The highest BCUT2D eigenvalue weighted by Crippen LogP contribution is 2.34. The topological polar surface area (TPSA) is 96.4 Å². The molecule has 1 aliphatic heterocycles. The van der Waals surface area contributed by atoms with Crippen LogP contribution in [0.5, 0.6) is 5.75 Å². The molecule has 0 bridgehead atoms. The molecule has 8 nitrogen and oxygen atoms in total. The molecule has 166 valence electrons. The monoisotopic (exact) mass is 471 g/mol. The molecule has 2 aromatic carbocycles. The van der Waals surface area contributed by atoms with Gasteiger partial charge >= 0.3 is 6.03 Å². The van der Waals surface area contributed by atoms with Crippen LogP contribution in [0.1, 0.15) is 40.6 Å². The molecule has 0 radical (unpaired) electrons. The predicted molar refractivity (Wildman–Crippen MR) is 125 cm³/mol. The highest BCUT2D eigenvalue weighted by atomic mass is 35.5. The van der Waals surface area contributed by atoms with Gasteiger partial charge in [0.05, 0.1) is 12.6 Å². The standard InChI is InChI=1S/C22H22ClN5O3S/c1-2-31-17-11-9-16(10-12-17)25-22(30)28-13-3-4-18(28)20-26-27-21(32-20)19(29)24-15-7-5-14(23)6-8-15/h5-12,18H,2-4,13H2,1H3,(H,24,29)(H,25,30). The maximum Gasteiger partial charge on any atom is 0.322 e. The van der Waals surface area contributed by atoms with Gasteiger partial charge in [-0.3, -0.25) is 4.79 Å². The summed E-state index contributed by atoms with van der Waals surface area (Å²) in [7, 11) is 0. The number of carbonyl (C=O) groups excluding carboxylic acids is 2. The third-order valence-corrected chi connectivity index (χ3v) is 6.23. The number of aromatic nitrogens is 2. The highest BCUT2D eigenvalue weighted by molar-refractivity contribution is 7.13. The molecule has 10 heteroatoms. The summed E-state index contributed by atoms with van der Waals surface area (Å²) in [6.45, 7) is 3.12. The lowest BCUT2D eigenvalue weighted by Crippen LogP contribution is -2.34. The Balaban J connectivity index is 1.40. The van der Waals surface area contributed by atoms with Gasteiger partial charge in [0.25, 0.3) is 5.91 Å². The summed E-state index contributed by atoms with van der Waals surface area (Å²) in [5, 5.41) is 15.4. The largest absolute Gasteiger partial charge is 0.494 e. The van der Waals surface area contributed by atoms with Crippen molar-refractivity contribution in [2.45, 2.75) is 25.8 Å². The van der Waals surface area contributed by atoms with Gasteiger partial charge in [-0.2, -0.15) is 0 Å². The predicted octanol–water partition coefficient (Wildman–Crippen LogP) is 5.21. The van der Waals surface area contributed by atoms with E-state index in [4.69, 9.17) is 16.3 Å². The van der Waals surface area contributed by atoms with Gasteiger partial charge < -0.3 is 20.3 Å². The summed E-state index contributed by atoms with van der Waals surface area (Å²) in [6.07, 6.45) is 1.62. The normalized spacial score (nSPS) is 15.4. The molecule has 3 aromatic rings. The lowest BCUT2D eigenvalue weighted by atomic mass is 10.2. The molecular weight excluding hydrogens is 450 g/mol. The van der Waals surface area contributed by atoms with Crippen molar-refractivity contribution in [1.29, 1.82) is 0 Å². The Kier molecular flexibility index (Phi) is 6.87. The van der Waals surface area contributed by atoms with Gasteiger partial charge in [-0.05, 0) is 68.3 Å². The summed E-state index contributed by atoms with van der Waals surface area (Å²) >= 11 is 7.07. The van der Waals surface area contributed by atoms with Crippen LogP contribution in [0.2, 0.25) is 5.02 Å². The number of carbonyl (C=O) groups is 2. The number of nitrogens with zero attached hydrogens (tertiary/aromatic N) is 3. The minimum atomic E-state index is -0.348. The smallest absolute Gasteiger partial charge is 0.322 e. The van der Waals surface area contributed by atoms with Crippen molar-refractivity contribution in [3.05, 3.63) is 63.6 Å². The number of hydrogen-bond donors (Lipinski definition) is 2. The summed E-state index contributed by atoms with van der Waals surface area (Å²) in [4.78, 5) is 27.1. The maximum absolute atomic E-state index is 12.9. The third-order valence-electron chi connectivity index (χ3n) is 4.95. The number of rotatable bonds is 6. The van der Waals surface area contributed by atoms with Crippen molar-refractivity contribution < 1.29 is 14.3 Å². The first-order valence-electron chi connectivity index (χ1n) is 10.2. The van der Waals surface area contributed by atoms with Crippen LogP contribution in [0.25, 0.3) is 0 Å². The van der Waals surface area contributed by atoms with Crippen LogP contribution in [-0.4, -0.2) is 40.2 Å². The van der Waals surface area contributed by atoms with Crippen molar-refractivity contribution in [1.82, 2.24) is 15.1 Å². The van der Waals surface area contributed by atoms with E-state index in [1.807, 2.05) is 19.1 Å². The molecular formula is C22H22ClN5O3S. The zero-order valence-electron chi connectivity index (χ0n) is 17.4. The summed E-state index contributed by atoms with van der Waals surface area (Å²) < 4.78 is 5.43. The fourth-order valence-electron chi connectivity index (χ4n) is 3.44. The first kappa shape index (κ1) is 22.0. The Bertz CT molecular complexity index is 1090. The van der Waals surface area contributed by atoms with E-state index in [0.29, 0.717) is 34.6 Å². The quantitative estimate of drug-likeness (QED) is 0.514. The van der Waals surface area contributed by atoms with E-state index in [2.05, 4.69) is 20.8 Å². The summed E-state index contributed by atoms with van der Waals surface area (Å²) in [6, 6.07) is 13.6. The van der Waals surface area contributed by atoms with Crippen molar-refractivity contribution in [2.75, 3.05) is 23.8 Å². The van der Waals surface area contributed by atoms with Gasteiger partial charge in [-0.1, -0.05) is 22.9 Å². The Morgan fingerprint density at radius 1 is 1.09 bits per heavy atom. The average Bonchev–Trinajstić information content (AvgIpc) is 3.46. The summed E-state index contributed by atoms with van der Waals surface area (Å²) in [5.41, 5.74) is 1.30. The van der Waals surface area contributed by atoms with Crippen LogP contribution >= 0.6 is 22.9 Å². The number of likely N-dealkylation sites (tertiary alicyclic amines) is 1. The van der Waals surface area contributed by atoms with Gasteiger partial charge in [0.15, 0.2) is 0 Å². The van der Waals surface area contributed by atoms with Crippen molar-refractivity contribution in [2.24, 2.45) is 0 Å². The Morgan fingerprint density at radius 2 is 1.78 bits per heavy atom. The molecule has 1 atom stereocenters. The van der Waals surface area contributed by atoms with Crippen LogP contribution < -0.4 is 15.4 Å². The van der Waals surface area contributed by atoms with E-state index in [1.54, 1.807) is 41.3 Å². The first-order valence-corrected chi connectivity index (χ1v) is 11.4. The Hall–Kier alpha value is -3.17. The van der Waals surface area contributed by atoms with Gasteiger partial charge in [0.1, 0.15) is 10.8 Å². The van der Waals surface area contributed by atoms with Crippen LogP contribution in [-0.2, 0) is 0 Å². The molecule has 1 fully saturated rings. The van der Waals surface area contributed by atoms with Crippen molar-refractivity contribution >= 4 is 46.3 Å². The number of nitrogens with one attached hydrogen (secondary N) is 2. The van der Waals surface area contributed by atoms with E-state index in [9.17, 15) is 9.59 Å². The molecule has 3 amide bonds. The zero-order chi connectivity index (χ0) is 22.5. The number of hydrogen-bond acceptors (Lipinski definition) is 6. The molecule has 1 aliphatic rings.